The van der Waals surface area contributed by atoms with Crippen molar-refractivity contribution in [2.45, 2.75) is 44.2 Å². The fourth-order valence-electron chi connectivity index (χ4n) is 3.68. The highest BCUT2D eigenvalue weighted by atomic mass is 16.2. The lowest BCUT2D eigenvalue weighted by Gasteiger charge is -2.21. The maximum absolute atomic E-state index is 12.9. The van der Waals surface area contributed by atoms with E-state index in [0.29, 0.717) is 11.7 Å². The van der Waals surface area contributed by atoms with Crippen molar-refractivity contribution in [3.05, 3.63) is 48.3 Å². The second-order valence-electron chi connectivity index (χ2n) is 7.15. The Hall–Kier alpha value is -2.96. The highest BCUT2D eigenvalue weighted by molar-refractivity contribution is 6.01. The Morgan fingerprint density at radius 3 is 2.65 bits per heavy atom. The van der Waals surface area contributed by atoms with Crippen molar-refractivity contribution in [3.63, 3.8) is 0 Å². The molecule has 2 atom stereocenters. The number of fused-ring (bicyclic) bond motifs is 1. The van der Waals surface area contributed by atoms with Crippen LogP contribution in [0.1, 0.15) is 37.9 Å². The molecule has 2 aromatic heterocycles. The third kappa shape index (κ3) is 2.51. The van der Waals surface area contributed by atoms with E-state index in [0.717, 1.165) is 36.4 Å². The molecule has 1 saturated heterocycles. The van der Waals surface area contributed by atoms with E-state index in [2.05, 4.69) is 27.5 Å². The molecule has 0 radical (unpaired) electrons. The van der Waals surface area contributed by atoms with Gasteiger partial charge in [0.25, 0.3) is 0 Å². The molecule has 1 aromatic carbocycles. The van der Waals surface area contributed by atoms with E-state index in [1.54, 1.807) is 4.52 Å². The van der Waals surface area contributed by atoms with Crippen molar-refractivity contribution in [1.82, 2.24) is 19.8 Å². The van der Waals surface area contributed by atoms with Crippen LogP contribution in [-0.2, 0) is 4.79 Å². The van der Waals surface area contributed by atoms with E-state index in [-0.39, 0.29) is 18.0 Å². The number of anilines is 2. The highest BCUT2D eigenvalue weighted by Crippen LogP contribution is 2.38. The van der Waals surface area contributed by atoms with E-state index in [1.807, 2.05) is 47.4 Å². The number of amides is 1. The van der Waals surface area contributed by atoms with Gasteiger partial charge in [-0.2, -0.15) is 4.52 Å². The summed E-state index contributed by atoms with van der Waals surface area (Å²) in [5, 5.41) is 16.4. The normalized spacial score (nSPS) is 23.0. The average Bonchev–Trinajstić information content (AvgIpc) is 3.35. The summed E-state index contributed by atoms with van der Waals surface area (Å²) >= 11 is 0. The minimum Gasteiger partial charge on any atom is -0.357 e. The minimum atomic E-state index is -0.281. The Morgan fingerprint density at radius 2 is 1.88 bits per heavy atom. The van der Waals surface area contributed by atoms with E-state index in [9.17, 15) is 4.79 Å². The van der Waals surface area contributed by atoms with Gasteiger partial charge in [0.1, 0.15) is 11.9 Å². The number of carbonyl (C=O) groups excluding carboxylic acids is 1. The molecule has 0 bridgehead atoms. The predicted octanol–water partition coefficient (Wildman–Crippen LogP) is 2.61. The fraction of sp³-hybridized carbons (Fsp3) is 0.368. The van der Waals surface area contributed by atoms with Gasteiger partial charge in [-0.15, -0.1) is 15.3 Å². The molecule has 26 heavy (non-hydrogen) atoms. The first-order valence-corrected chi connectivity index (χ1v) is 9.08. The van der Waals surface area contributed by atoms with Crippen LogP contribution in [0, 0.1) is 0 Å². The molecule has 5 rings (SSSR count). The van der Waals surface area contributed by atoms with Crippen molar-refractivity contribution in [3.8, 4) is 0 Å². The molecule has 7 nitrogen and oxygen atoms in total. The molecule has 7 heteroatoms. The molecule has 1 N–H and O–H groups in total. The molecular weight excluding hydrogens is 328 g/mol. The molecule has 2 fully saturated rings. The number of hydrogen-bond donors (Lipinski definition) is 1. The van der Waals surface area contributed by atoms with Crippen LogP contribution in [0.25, 0.3) is 5.65 Å². The van der Waals surface area contributed by atoms with Crippen molar-refractivity contribution in [1.29, 1.82) is 0 Å². The quantitative estimate of drug-likeness (QED) is 0.784. The third-order valence-electron chi connectivity index (χ3n) is 5.14. The largest absolute Gasteiger partial charge is 0.357 e. The summed E-state index contributed by atoms with van der Waals surface area (Å²) < 4.78 is 1.80. The molecule has 1 amide bonds. The Morgan fingerprint density at radius 1 is 1.08 bits per heavy atom. The monoisotopic (exact) mass is 348 g/mol. The molecule has 0 spiro atoms. The molecule has 1 aliphatic carbocycles. The van der Waals surface area contributed by atoms with Crippen molar-refractivity contribution in [2.24, 2.45) is 0 Å². The second kappa shape index (κ2) is 5.79. The van der Waals surface area contributed by atoms with Gasteiger partial charge in [-0.25, -0.2) is 0 Å². The summed E-state index contributed by atoms with van der Waals surface area (Å²) in [4.78, 5) is 14.8. The lowest BCUT2D eigenvalue weighted by molar-refractivity contribution is -0.117. The Labute approximate surface area is 151 Å². The van der Waals surface area contributed by atoms with Crippen LogP contribution in [-0.4, -0.2) is 37.8 Å². The number of hydrogen-bond acceptors (Lipinski definition) is 5. The number of nitrogens with one attached hydrogen (secondary N) is 1. The molecule has 3 heterocycles. The topological polar surface area (TPSA) is 75.4 Å². The van der Waals surface area contributed by atoms with Gasteiger partial charge in [-0.1, -0.05) is 18.2 Å². The summed E-state index contributed by atoms with van der Waals surface area (Å²) in [6.07, 6.45) is 3.03. The minimum absolute atomic E-state index is 0.0803. The smallest absolute Gasteiger partial charge is 0.249 e. The Balaban J connectivity index is 1.40. The zero-order valence-corrected chi connectivity index (χ0v) is 14.5. The average molecular weight is 348 g/mol. The fourth-order valence-corrected chi connectivity index (χ4v) is 3.68. The number of para-hydroxylation sites is 1. The van der Waals surface area contributed by atoms with E-state index < -0.39 is 0 Å². The van der Waals surface area contributed by atoms with Crippen LogP contribution in [0.4, 0.5) is 11.5 Å². The Kier molecular flexibility index (Phi) is 3.41. The van der Waals surface area contributed by atoms with Crippen LogP contribution in [0.5, 0.6) is 0 Å². The molecule has 2 aliphatic rings. The standard InChI is InChI=1S/C19H20N6O/c1-12-11-15(19(26)24(12)14-5-3-2-4-6-14)20-16-9-10-17-21-22-18(13-7-8-13)25(17)23-16/h2-6,9-10,12-13,15H,7-8,11H2,1H3,(H,20,23)/t12-,15+/m0/s1. The van der Waals surface area contributed by atoms with Gasteiger partial charge in [0, 0.05) is 17.6 Å². The first-order chi connectivity index (χ1) is 12.7. The van der Waals surface area contributed by atoms with Gasteiger partial charge in [0.2, 0.25) is 5.91 Å². The van der Waals surface area contributed by atoms with Crippen molar-refractivity contribution < 1.29 is 4.79 Å². The second-order valence-corrected chi connectivity index (χ2v) is 7.15. The van der Waals surface area contributed by atoms with E-state index in [4.69, 9.17) is 0 Å². The van der Waals surface area contributed by atoms with Crippen LogP contribution in [0.15, 0.2) is 42.5 Å². The van der Waals surface area contributed by atoms with Gasteiger partial charge in [0.15, 0.2) is 11.5 Å². The number of aromatic nitrogens is 4. The summed E-state index contributed by atoms with van der Waals surface area (Å²) in [5.41, 5.74) is 1.68. The maximum atomic E-state index is 12.9. The van der Waals surface area contributed by atoms with Gasteiger partial charge in [-0.05, 0) is 50.5 Å². The lowest BCUT2D eigenvalue weighted by Crippen LogP contribution is -2.35. The highest BCUT2D eigenvalue weighted by Gasteiger charge is 2.38. The maximum Gasteiger partial charge on any atom is 0.249 e. The summed E-state index contributed by atoms with van der Waals surface area (Å²) in [6.45, 7) is 2.08. The van der Waals surface area contributed by atoms with Gasteiger partial charge in [0.05, 0.1) is 0 Å². The summed E-state index contributed by atoms with van der Waals surface area (Å²) in [5.74, 6) is 2.14. The molecule has 0 unspecified atom stereocenters. The zero-order chi connectivity index (χ0) is 17.7. The SMILES string of the molecule is C[C@H]1C[C@@H](Nc2ccc3nnc(C4CC4)n3n2)C(=O)N1c1ccccc1. The number of carbonyl (C=O) groups is 1. The molecule has 132 valence electrons. The van der Waals surface area contributed by atoms with Crippen molar-refractivity contribution >= 4 is 23.1 Å². The Bertz CT molecular complexity index is 965. The number of benzene rings is 1. The van der Waals surface area contributed by atoms with Crippen LogP contribution >= 0.6 is 0 Å². The van der Waals surface area contributed by atoms with E-state index >= 15 is 0 Å². The first-order valence-electron chi connectivity index (χ1n) is 9.08. The van der Waals surface area contributed by atoms with E-state index in [1.165, 1.54) is 0 Å². The molecule has 3 aromatic rings. The first kappa shape index (κ1) is 15.3. The number of nitrogens with zero attached hydrogens (tertiary/aromatic N) is 5. The predicted molar refractivity (Wildman–Crippen MR) is 98.2 cm³/mol. The third-order valence-corrected chi connectivity index (χ3v) is 5.14. The lowest BCUT2D eigenvalue weighted by atomic mass is 10.2. The zero-order valence-electron chi connectivity index (χ0n) is 14.5. The summed E-state index contributed by atoms with van der Waals surface area (Å²) in [6, 6.07) is 13.4. The van der Waals surface area contributed by atoms with Crippen LogP contribution < -0.4 is 10.2 Å². The summed E-state index contributed by atoms with van der Waals surface area (Å²) in [7, 11) is 0. The van der Waals surface area contributed by atoms with Crippen molar-refractivity contribution in [2.75, 3.05) is 10.2 Å². The molecule has 1 aliphatic heterocycles. The molecule has 1 saturated carbocycles. The van der Waals surface area contributed by atoms with Gasteiger partial charge >= 0.3 is 0 Å². The van der Waals surface area contributed by atoms with Crippen LogP contribution in [0.3, 0.4) is 0 Å². The van der Waals surface area contributed by atoms with Crippen LogP contribution in [0.2, 0.25) is 0 Å². The van der Waals surface area contributed by atoms with Gasteiger partial charge in [-0.3, -0.25) is 4.79 Å². The number of rotatable bonds is 4. The van der Waals surface area contributed by atoms with Gasteiger partial charge < -0.3 is 10.2 Å². The molecular formula is C19H20N6O.